The van der Waals surface area contributed by atoms with Crippen molar-refractivity contribution in [2.24, 2.45) is 0 Å². The number of quaternary nitrogens is 1. The summed E-state index contributed by atoms with van der Waals surface area (Å²) in [7, 11) is -4.55. The first-order chi connectivity index (χ1) is 7.89. The Bertz CT molecular complexity index is 711. The molecule has 0 aromatic heterocycles. The number of hydrogen-bond acceptors (Lipinski definition) is 5. The predicted octanol–water partition coefficient (Wildman–Crippen LogP) is 2.03. The zero-order valence-corrected chi connectivity index (χ0v) is 10.2. The summed E-state index contributed by atoms with van der Waals surface area (Å²) in [5, 5.41) is 11.4. The van der Waals surface area contributed by atoms with E-state index in [1.807, 2.05) is 0 Å². The van der Waals surface area contributed by atoms with E-state index in [0.29, 0.717) is 10.8 Å². The monoisotopic (exact) mass is 270 g/mol. The largest absolute Gasteiger partial charge is 0.744 e. The van der Waals surface area contributed by atoms with E-state index in [4.69, 9.17) is 0 Å². The first-order valence-electron chi connectivity index (χ1n) is 4.52. The summed E-state index contributed by atoms with van der Waals surface area (Å²) >= 11 is 0. The second-order valence-corrected chi connectivity index (χ2v) is 4.75. The van der Waals surface area contributed by atoms with Gasteiger partial charge in [-0.05, 0) is 23.6 Å². The number of non-ortho nitro benzene ring substituents is 1. The van der Waals surface area contributed by atoms with Gasteiger partial charge in [0.2, 0.25) is 0 Å². The molecule has 2 aromatic carbocycles. The van der Waals surface area contributed by atoms with Crippen LogP contribution in [0.2, 0.25) is 0 Å². The van der Waals surface area contributed by atoms with E-state index in [0.717, 1.165) is 12.1 Å². The Labute approximate surface area is 103 Å². The van der Waals surface area contributed by atoms with Crippen molar-refractivity contribution in [2.45, 2.75) is 4.90 Å². The highest BCUT2D eigenvalue weighted by Gasteiger charge is 2.12. The van der Waals surface area contributed by atoms with Gasteiger partial charge in [-0.25, -0.2) is 8.42 Å². The van der Waals surface area contributed by atoms with Crippen LogP contribution >= 0.6 is 0 Å². The Hall–Kier alpha value is -2.03. The molecule has 96 valence electrons. The van der Waals surface area contributed by atoms with Gasteiger partial charge >= 0.3 is 0 Å². The lowest BCUT2D eigenvalue weighted by atomic mass is 10.1. The van der Waals surface area contributed by atoms with Crippen molar-refractivity contribution in [2.75, 3.05) is 0 Å². The van der Waals surface area contributed by atoms with Crippen molar-refractivity contribution in [3.05, 3.63) is 46.5 Å². The van der Waals surface area contributed by atoms with Gasteiger partial charge < -0.3 is 10.7 Å². The summed E-state index contributed by atoms with van der Waals surface area (Å²) in [6.45, 7) is 0. The molecule has 0 aliphatic carbocycles. The first kappa shape index (κ1) is 14.0. The molecule has 4 N–H and O–H groups in total. The summed E-state index contributed by atoms with van der Waals surface area (Å²) in [6, 6.07) is 7.72. The SMILES string of the molecule is O=[N+]([O-])c1cccc2cc(S(=O)(=O)[O-])ccc12.[NH4+]. The van der Waals surface area contributed by atoms with Gasteiger partial charge in [0, 0.05) is 6.07 Å². The lowest BCUT2D eigenvalue weighted by molar-refractivity contribution is -0.383. The third-order valence-corrected chi connectivity index (χ3v) is 3.15. The van der Waals surface area contributed by atoms with Gasteiger partial charge in [-0.3, -0.25) is 10.1 Å². The standard InChI is InChI=1S/C10H7NO5S.H3N/c12-11(13)10-3-1-2-7-6-8(17(14,15)16)4-5-9(7)10;/h1-6H,(H,14,15,16);1H3. The Morgan fingerprint density at radius 3 is 2.33 bits per heavy atom. The molecule has 0 atom stereocenters. The average Bonchev–Trinajstić information content (AvgIpc) is 2.26. The fraction of sp³-hybridized carbons (Fsp3) is 0. The molecule has 0 amide bonds. The lowest BCUT2D eigenvalue weighted by Crippen LogP contribution is -1.98. The normalized spacial score (nSPS) is 10.9. The topological polar surface area (TPSA) is 137 Å². The highest BCUT2D eigenvalue weighted by molar-refractivity contribution is 7.85. The third kappa shape index (κ3) is 2.45. The maximum absolute atomic E-state index is 10.8. The molecule has 18 heavy (non-hydrogen) atoms. The van der Waals surface area contributed by atoms with Crippen molar-refractivity contribution in [3.8, 4) is 0 Å². The number of fused-ring (bicyclic) bond motifs is 1. The summed E-state index contributed by atoms with van der Waals surface area (Å²) in [5.41, 5.74) is -0.127. The number of hydrogen-bond donors (Lipinski definition) is 1. The van der Waals surface area contributed by atoms with Gasteiger partial charge in [0.15, 0.2) is 0 Å². The molecule has 0 radical (unpaired) electrons. The van der Waals surface area contributed by atoms with E-state index in [2.05, 4.69) is 0 Å². The highest BCUT2D eigenvalue weighted by Crippen LogP contribution is 2.27. The van der Waals surface area contributed by atoms with Crippen LogP contribution in [0.4, 0.5) is 5.69 Å². The van der Waals surface area contributed by atoms with E-state index in [1.54, 1.807) is 0 Å². The number of nitrogens with zero attached hydrogens (tertiary/aromatic N) is 1. The molecular formula is C10H10N2O5S. The first-order valence-corrected chi connectivity index (χ1v) is 5.93. The van der Waals surface area contributed by atoms with Crippen molar-refractivity contribution < 1.29 is 17.9 Å². The van der Waals surface area contributed by atoms with Crippen molar-refractivity contribution >= 4 is 26.6 Å². The van der Waals surface area contributed by atoms with E-state index in [9.17, 15) is 23.1 Å². The smallest absolute Gasteiger partial charge is 0.277 e. The molecule has 7 nitrogen and oxygen atoms in total. The van der Waals surface area contributed by atoms with E-state index < -0.39 is 19.9 Å². The molecule has 0 fully saturated rings. The molecule has 2 rings (SSSR count). The average molecular weight is 270 g/mol. The summed E-state index contributed by atoms with van der Waals surface area (Å²) < 4.78 is 32.4. The van der Waals surface area contributed by atoms with Crippen LogP contribution in [0, 0.1) is 10.1 Å². The van der Waals surface area contributed by atoms with Crippen LogP contribution in [0.5, 0.6) is 0 Å². The zero-order valence-electron chi connectivity index (χ0n) is 9.36. The fourth-order valence-corrected chi connectivity index (χ4v) is 2.07. The maximum Gasteiger partial charge on any atom is 0.277 e. The van der Waals surface area contributed by atoms with Gasteiger partial charge in [0.1, 0.15) is 10.1 Å². The van der Waals surface area contributed by atoms with Gasteiger partial charge in [-0.15, -0.1) is 0 Å². The maximum atomic E-state index is 10.8. The Kier molecular flexibility index (Phi) is 3.65. The molecular weight excluding hydrogens is 260 g/mol. The summed E-state index contributed by atoms with van der Waals surface area (Å²) in [6.07, 6.45) is 0. The molecule has 8 heteroatoms. The Balaban J connectivity index is 0.00000162. The molecule has 0 heterocycles. The van der Waals surface area contributed by atoms with Gasteiger partial charge in [0.25, 0.3) is 5.69 Å². The summed E-state index contributed by atoms with van der Waals surface area (Å²) in [5.74, 6) is 0. The van der Waals surface area contributed by atoms with Crippen LogP contribution in [0.3, 0.4) is 0 Å². The molecule has 0 aliphatic rings. The zero-order chi connectivity index (χ0) is 12.6. The van der Waals surface area contributed by atoms with Crippen LogP contribution in [0.25, 0.3) is 10.8 Å². The van der Waals surface area contributed by atoms with E-state index in [-0.39, 0.29) is 11.8 Å². The lowest BCUT2D eigenvalue weighted by Gasteiger charge is -2.07. The van der Waals surface area contributed by atoms with Crippen LogP contribution in [0.15, 0.2) is 41.3 Å². The van der Waals surface area contributed by atoms with E-state index >= 15 is 0 Å². The number of nitro benzene ring substituents is 1. The van der Waals surface area contributed by atoms with Crippen LogP contribution in [0.1, 0.15) is 0 Å². The minimum Gasteiger partial charge on any atom is -0.744 e. The van der Waals surface area contributed by atoms with Crippen molar-refractivity contribution in [1.29, 1.82) is 0 Å². The Morgan fingerprint density at radius 1 is 1.11 bits per heavy atom. The molecule has 0 saturated carbocycles. The molecule has 0 bridgehead atoms. The molecule has 0 unspecified atom stereocenters. The molecule has 0 saturated heterocycles. The number of nitro groups is 1. The van der Waals surface area contributed by atoms with Gasteiger partial charge in [0.05, 0.1) is 15.2 Å². The third-order valence-electron chi connectivity index (χ3n) is 2.31. The van der Waals surface area contributed by atoms with Crippen LogP contribution in [-0.4, -0.2) is 17.9 Å². The van der Waals surface area contributed by atoms with Crippen LogP contribution in [-0.2, 0) is 10.1 Å². The minimum atomic E-state index is -4.55. The van der Waals surface area contributed by atoms with Crippen molar-refractivity contribution in [3.63, 3.8) is 0 Å². The highest BCUT2D eigenvalue weighted by atomic mass is 32.2. The molecule has 0 aliphatic heterocycles. The fourth-order valence-electron chi connectivity index (χ4n) is 1.56. The number of benzene rings is 2. The second kappa shape index (κ2) is 4.69. The van der Waals surface area contributed by atoms with Crippen LogP contribution < -0.4 is 6.15 Å². The summed E-state index contributed by atoms with van der Waals surface area (Å²) in [4.78, 5) is 9.76. The van der Waals surface area contributed by atoms with E-state index in [1.165, 1.54) is 24.3 Å². The Morgan fingerprint density at radius 2 is 1.78 bits per heavy atom. The minimum absolute atomic E-state index is 0. The number of rotatable bonds is 2. The predicted molar refractivity (Wildman–Crippen MR) is 64.6 cm³/mol. The van der Waals surface area contributed by atoms with Crippen molar-refractivity contribution in [1.82, 2.24) is 6.15 Å². The molecule has 2 aromatic rings. The van der Waals surface area contributed by atoms with Gasteiger partial charge in [-0.1, -0.05) is 12.1 Å². The molecule has 0 spiro atoms. The van der Waals surface area contributed by atoms with Gasteiger partial charge in [-0.2, -0.15) is 0 Å². The second-order valence-electron chi connectivity index (χ2n) is 3.37. The quantitative estimate of drug-likeness (QED) is 0.505.